The molecule has 50 valence electrons. The average molecular weight is 124 g/mol. The van der Waals surface area contributed by atoms with Crippen LogP contribution in [0.4, 0.5) is 0 Å². The summed E-state index contributed by atoms with van der Waals surface area (Å²) in [5.41, 5.74) is 0. The minimum absolute atomic E-state index is 1.17. The number of fused-ring (bicyclic) bond motifs is 1. The molecule has 1 N–H and O–H groups in total. The van der Waals surface area contributed by atoms with Crippen LogP contribution >= 0.6 is 0 Å². The highest BCUT2D eigenvalue weighted by molar-refractivity contribution is 5.07. The maximum Gasteiger partial charge on any atom is 0.0972 e. The lowest BCUT2D eigenvalue weighted by Crippen LogP contribution is -2.36. The molecule has 2 heteroatoms. The summed E-state index contributed by atoms with van der Waals surface area (Å²) in [6, 6.07) is 0. The number of rotatable bonds is 0. The van der Waals surface area contributed by atoms with Gasteiger partial charge in [-0.15, -0.1) is 0 Å². The van der Waals surface area contributed by atoms with Crippen molar-refractivity contribution in [3.8, 4) is 0 Å². The summed E-state index contributed by atoms with van der Waals surface area (Å²) in [6.07, 6.45) is 4.83. The Morgan fingerprint density at radius 1 is 1.44 bits per heavy atom. The van der Waals surface area contributed by atoms with Crippen LogP contribution in [0, 0.1) is 0 Å². The van der Waals surface area contributed by atoms with Gasteiger partial charge < -0.3 is 10.2 Å². The first-order valence-corrected chi connectivity index (χ1v) is 3.66. The zero-order chi connectivity index (χ0) is 6.10. The second-order valence-electron chi connectivity index (χ2n) is 2.65. The molecule has 0 amide bonds. The van der Waals surface area contributed by atoms with E-state index in [1.807, 2.05) is 0 Å². The molecule has 9 heavy (non-hydrogen) atoms. The third-order valence-electron chi connectivity index (χ3n) is 1.99. The van der Waals surface area contributed by atoms with Gasteiger partial charge in [0.1, 0.15) is 0 Å². The molecular formula is C7H12N2. The van der Waals surface area contributed by atoms with E-state index in [2.05, 4.69) is 16.3 Å². The topological polar surface area (TPSA) is 15.3 Å². The van der Waals surface area contributed by atoms with E-state index in [4.69, 9.17) is 0 Å². The van der Waals surface area contributed by atoms with E-state index in [-0.39, 0.29) is 0 Å². The summed E-state index contributed by atoms with van der Waals surface area (Å²) in [7, 11) is 0. The van der Waals surface area contributed by atoms with Gasteiger partial charge in [-0.2, -0.15) is 0 Å². The minimum atomic E-state index is 1.17. The second-order valence-corrected chi connectivity index (χ2v) is 2.65. The fraction of sp³-hybridized carbons (Fsp3) is 0.714. The highest BCUT2D eigenvalue weighted by Gasteiger charge is 2.16. The van der Waals surface area contributed by atoms with E-state index in [9.17, 15) is 0 Å². The van der Waals surface area contributed by atoms with Crippen LogP contribution in [0.25, 0.3) is 0 Å². The molecule has 0 aromatic rings. The Labute approximate surface area is 55.5 Å². The molecule has 2 nitrogen and oxygen atoms in total. The van der Waals surface area contributed by atoms with Gasteiger partial charge in [0.25, 0.3) is 0 Å². The van der Waals surface area contributed by atoms with Crippen molar-refractivity contribution in [2.24, 2.45) is 0 Å². The van der Waals surface area contributed by atoms with Gasteiger partial charge in [-0.1, -0.05) is 0 Å². The van der Waals surface area contributed by atoms with E-state index in [1.54, 1.807) is 0 Å². The Bertz CT molecular complexity index is 140. The molecule has 1 saturated heterocycles. The monoisotopic (exact) mass is 124 g/mol. The fourth-order valence-corrected chi connectivity index (χ4v) is 1.51. The Morgan fingerprint density at radius 3 is 3.33 bits per heavy atom. The summed E-state index contributed by atoms with van der Waals surface area (Å²) in [6.45, 7) is 3.67. The van der Waals surface area contributed by atoms with E-state index < -0.39 is 0 Å². The molecule has 1 fully saturated rings. The van der Waals surface area contributed by atoms with Gasteiger partial charge in [-0.25, -0.2) is 0 Å². The van der Waals surface area contributed by atoms with Crippen LogP contribution in [-0.2, 0) is 0 Å². The van der Waals surface area contributed by atoms with Gasteiger partial charge in [0, 0.05) is 19.6 Å². The molecule has 2 aliphatic heterocycles. The van der Waals surface area contributed by atoms with Gasteiger partial charge >= 0.3 is 0 Å². The average Bonchev–Trinajstić information content (AvgIpc) is 2.33. The Balaban J connectivity index is 2.09. The highest BCUT2D eigenvalue weighted by Crippen LogP contribution is 2.14. The molecule has 2 aliphatic rings. The largest absolute Gasteiger partial charge is 0.372 e. The zero-order valence-electron chi connectivity index (χ0n) is 5.56. The smallest absolute Gasteiger partial charge is 0.0972 e. The quantitative estimate of drug-likeness (QED) is 0.506. The Hall–Kier alpha value is -0.660. The summed E-state index contributed by atoms with van der Waals surface area (Å²) >= 11 is 0. The Kier molecular flexibility index (Phi) is 1.11. The molecule has 2 rings (SSSR count). The lowest BCUT2D eigenvalue weighted by atomic mass is 10.3. The van der Waals surface area contributed by atoms with Crippen LogP contribution in [0.5, 0.6) is 0 Å². The van der Waals surface area contributed by atoms with Crippen molar-refractivity contribution in [2.75, 3.05) is 19.6 Å². The van der Waals surface area contributed by atoms with E-state index >= 15 is 0 Å². The summed E-state index contributed by atoms with van der Waals surface area (Å²) in [5.74, 6) is 1.38. The van der Waals surface area contributed by atoms with Crippen LogP contribution in [0.2, 0.25) is 0 Å². The molecule has 0 aliphatic carbocycles. The van der Waals surface area contributed by atoms with Crippen molar-refractivity contribution in [3.63, 3.8) is 0 Å². The van der Waals surface area contributed by atoms with Crippen molar-refractivity contribution in [3.05, 3.63) is 11.9 Å². The number of nitrogens with zero attached hydrogens (tertiary/aromatic N) is 1. The lowest BCUT2D eigenvalue weighted by molar-refractivity contribution is 0.309. The van der Waals surface area contributed by atoms with Gasteiger partial charge in [-0.3, -0.25) is 0 Å². The van der Waals surface area contributed by atoms with E-state index in [0.717, 1.165) is 0 Å². The SMILES string of the molecule is C1=C2NCCCN2CC1. The first-order valence-electron chi connectivity index (χ1n) is 3.66. The van der Waals surface area contributed by atoms with Crippen LogP contribution in [0.3, 0.4) is 0 Å². The molecule has 0 bridgehead atoms. The predicted molar refractivity (Wildman–Crippen MR) is 36.9 cm³/mol. The Morgan fingerprint density at radius 2 is 2.44 bits per heavy atom. The first kappa shape index (κ1) is 5.15. The molecule has 0 radical (unpaired) electrons. The molecule has 0 aromatic carbocycles. The number of hydrogen-bond donors (Lipinski definition) is 1. The molecule has 0 saturated carbocycles. The second kappa shape index (κ2) is 1.94. The maximum absolute atomic E-state index is 3.37. The molecule has 0 atom stereocenters. The van der Waals surface area contributed by atoms with Gasteiger partial charge in [0.05, 0.1) is 5.82 Å². The molecule has 0 aromatic heterocycles. The van der Waals surface area contributed by atoms with Crippen molar-refractivity contribution in [1.82, 2.24) is 10.2 Å². The number of hydrogen-bond acceptors (Lipinski definition) is 2. The van der Waals surface area contributed by atoms with Gasteiger partial charge in [-0.05, 0) is 18.9 Å². The minimum Gasteiger partial charge on any atom is -0.372 e. The molecular weight excluding hydrogens is 112 g/mol. The number of nitrogens with one attached hydrogen (secondary N) is 1. The van der Waals surface area contributed by atoms with Crippen molar-refractivity contribution in [2.45, 2.75) is 12.8 Å². The lowest BCUT2D eigenvalue weighted by Gasteiger charge is -2.27. The first-order chi connectivity index (χ1) is 4.47. The third kappa shape index (κ3) is 0.784. The maximum atomic E-state index is 3.37. The van der Waals surface area contributed by atoms with E-state index in [1.165, 1.54) is 38.3 Å². The highest BCUT2D eigenvalue weighted by atomic mass is 15.3. The normalized spacial score (nSPS) is 24.9. The summed E-state index contributed by atoms with van der Waals surface area (Å²) in [5, 5.41) is 3.37. The summed E-state index contributed by atoms with van der Waals surface area (Å²) in [4.78, 5) is 2.42. The fourth-order valence-electron chi connectivity index (χ4n) is 1.51. The third-order valence-corrected chi connectivity index (χ3v) is 1.99. The molecule has 2 heterocycles. The van der Waals surface area contributed by atoms with Crippen LogP contribution < -0.4 is 5.32 Å². The van der Waals surface area contributed by atoms with Gasteiger partial charge in [0.15, 0.2) is 0 Å². The zero-order valence-corrected chi connectivity index (χ0v) is 5.56. The van der Waals surface area contributed by atoms with Crippen LogP contribution in [0.15, 0.2) is 11.9 Å². The van der Waals surface area contributed by atoms with Crippen molar-refractivity contribution >= 4 is 0 Å². The van der Waals surface area contributed by atoms with Gasteiger partial charge in [0.2, 0.25) is 0 Å². The van der Waals surface area contributed by atoms with Crippen molar-refractivity contribution < 1.29 is 0 Å². The predicted octanol–water partition coefficient (Wildman–Crippen LogP) is 0.527. The van der Waals surface area contributed by atoms with Crippen LogP contribution in [0.1, 0.15) is 12.8 Å². The van der Waals surface area contributed by atoms with Crippen molar-refractivity contribution in [1.29, 1.82) is 0 Å². The standard InChI is InChI=1S/C7H12N2/c1-3-7-8-4-2-6-9(7)5-1/h3,8H,1-2,4-6H2. The molecule has 0 unspecified atom stereocenters. The van der Waals surface area contributed by atoms with Crippen LogP contribution in [-0.4, -0.2) is 24.5 Å². The van der Waals surface area contributed by atoms with E-state index in [0.29, 0.717) is 0 Å². The molecule has 0 spiro atoms. The summed E-state index contributed by atoms with van der Waals surface area (Å²) < 4.78 is 0.